The third-order valence-electron chi connectivity index (χ3n) is 9.62. The Morgan fingerprint density at radius 2 is 1.44 bits per heavy atom. The molecule has 1 atom stereocenters. The highest BCUT2D eigenvalue weighted by molar-refractivity contribution is 8.00. The van der Waals surface area contributed by atoms with Gasteiger partial charge in [-0.1, -0.05) is 120 Å². The number of nitrogens with one attached hydrogen (secondary N) is 1. The Labute approximate surface area is 317 Å². The number of rotatable bonds is 23. The Morgan fingerprint density at radius 1 is 0.904 bits per heavy atom. The predicted octanol–water partition coefficient (Wildman–Crippen LogP) is 9.07. The fourth-order valence-corrected chi connectivity index (χ4v) is 7.92. The number of hydrogen-bond donors (Lipinski definition) is 2. The van der Waals surface area contributed by atoms with Crippen molar-refractivity contribution in [3.63, 3.8) is 0 Å². The van der Waals surface area contributed by atoms with E-state index >= 15 is 0 Å². The van der Waals surface area contributed by atoms with Crippen LogP contribution in [0.15, 0.2) is 35.4 Å². The molecular formula is C42H62N6O3S. The van der Waals surface area contributed by atoms with Gasteiger partial charge in [-0.15, -0.1) is 0 Å². The molecule has 1 aliphatic heterocycles. The fourth-order valence-electron chi connectivity index (χ4n) is 6.86. The van der Waals surface area contributed by atoms with Crippen molar-refractivity contribution in [2.75, 3.05) is 24.5 Å². The van der Waals surface area contributed by atoms with Gasteiger partial charge in [0.15, 0.2) is 0 Å². The molecule has 2 heterocycles. The summed E-state index contributed by atoms with van der Waals surface area (Å²) in [6.45, 7) is 10.3. The Morgan fingerprint density at radius 3 is 1.94 bits per heavy atom. The molecule has 1 fully saturated rings. The number of piperidine rings is 1. The molecule has 9 nitrogen and oxygen atoms in total. The van der Waals surface area contributed by atoms with Crippen molar-refractivity contribution in [1.29, 1.82) is 10.5 Å². The zero-order valence-corrected chi connectivity index (χ0v) is 33.0. The standard InChI is InChI=1S/C42H62N6O3S/c1-5-34-35(30-43)40(47-41(36(34)31-44)52-38(39(45)50)32-22-18-17-19-23-32)48-28-25-33(26-29-48)46-27-21-16-14-12-10-8-6-7-9-11-13-15-20-24-37(49)51-42(2,3)4/h17-19,22-23,33,38,46H,5-16,20-21,24-29H2,1-4H3,(H2,45,50). The van der Waals surface area contributed by atoms with Crippen molar-refractivity contribution >= 4 is 29.5 Å². The van der Waals surface area contributed by atoms with E-state index in [1.807, 2.05) is 58.0 Å². The average Bonchev–Trinajstić information content (AvgIpc) is 3.12. The van der Waals surface area contributed by atoms with E-state index < -0.39 is 11.2 Å². The van der Waals surface area contributed by atoms with Crippen molar-refractivity contribution in [3.05, 3.63) is 52.6 Å². The quantitative estimate of drug-likeness (QED) is 0.0650. The molecule has 0 saturated carbocycles. The van der Waals surface area contributed by atoms with E-state index in [9.17, 15) is 20.1 Å². The molecule has 1 aromatic heterocycles. The summed E-state index contributed by atoms with van der Waals surface area (Å²) in [6, 6.07) is 14.3. The number of thioether (sulfide) groups is 1. The van der Waals surface area contributed by atoms with Gasteiger partial charge in [0.1, 0.15) is 33.8 Å². The number of nitriles is 2. The van der Waals surface area contributed by atoms with E-state index in [2.05, 4.69) is 22.4 Å². The molecule has 3 N–H and O–H groups in total. The van der Waals surface area contributed by atoms with E-state index in [4.69, 9.17) is 15.5 Å². The van der Waals surface area contributed by atoms with Gasteiger partial charge in [0.05, 0.1) is 11.1 Å². The topological polar surface area (TPSA) is 145 Å². The Balaban J connectivity index is 1.32. The Bertz CT molecular complexity index is 1470. The molecule has 52 heavy (non-hydrogen) atoms. The molecule has 0 aliphatic carbocycles. The number of carbonyl (C=O) groups excluding carboxylic acids is 2. The van der Waals surface area contributed by atoms with Gasteiger partial charge >= 0.3 is 5.97 Å². The number of anilines is 1. The van der Waals surface area contributed by atoms with Gasteiger partial charge in [-0.05, 0) is 70.5 Å². The third kappa shape index (κ3) is 14.8. The molecule has 2 aromatic rings. The average molecular weight is 731 g/mol. The van der Waals surface area contributed by atoms with E-state index in [1.165, 1.54) is 82.4 Å². The number of benzene rings is 1. The van der Waals surface area contributed by atoms with Crippen LogP contribution in [0.1, 0.15) is 158 Å². The molecule has 1 amide bonds. The summed E-state index contributed by atoms with van der Waals surface area (Å²) in [5.41, 5.74) is 7.66. The lowest BCUT2D eigenvalue weighted by Crippen LogP contribution is -2.43. The number of pyridine rings is 1. The second-order valence-corrected chi connectivity index (χ2v) is 16.1. The van der Waals surface area contributed by atoms with Gasteiger partial charge < -0.3 is 20.7 Å². The lowest BCUT2D eigenvalue weighted by molar-refractivity contribution is -0.154. The summed E-state index contributed by atoms with van der Waals surface area (Å²) in [4.78, 5) is 31.3. The second kappa shape index (κ2) is 23.1. The molecule has 1 aliphatic rings. The number of primary amides is 1. The SMILES string of the molecule is CCc1c(C#N)c(SC(C(N)=O)c2ccccc2)nc(N2CCC(NCCCCCCCCCCCCCCCC(=O)OC(C)(C)C)CC2)c1C#N. The van der Waals surface area contributed by atoms with E-state index in [-0.39, 0.29) is 11.6 Å². The Kier molecular flexibility index (Phi) is 19.1. The minimum Gasteiger partial charge on any atom is -0.460 e. The van der Waals surface area contributed by atoms with Crippen LogP contribution in [0.5, 0.6) is 0 Å². The molecule has 0 radical (unpaired) electrons. The smallest absolute Gasteiger partial charge is 0.306 e. The first kappa shape index (κ1) is 42.8. The van der Waals surface area contributed by atoms with Crippen LogP contribution >= 0.6 is 11.8 Å². The number of esters is 1. The number of unbranched alkanes of at least 4 members (excludes halogenated alkanes) is 12. The first-order valence-corrected chi connectivity index (χ1v) is 20.5. The van der Waals surface area contributed by atoms with Crippen LogP contribution in [0, 0.1) is 22.7 Å². The Hall–Kier alpha value is -3.60. The number of amides is 1. The van der Waals surface area contributed by atoms with Crippen LogP contribution < -0.4 is 16.0 Å². The van der Waals surface area contributed by atoms with Gasteiger partial charge in [-0.2, -0.15) is 10.5 Å². The zero-order chi connectivity index (χ0) is 37.8. The van der Waals surface area contributed by atoms with Crippen LogP contribution in [0.2, 0.25) is 0 Å². The molecule has 284 valence electrons. The number of aromatic nitrogens is 1. The summed E-state index contributed by atoms with van der Waals surface area (Å²) in [7, 11) is 0. The molecule has 0 bridgehead atoms. The summed E-state index contributed by atoms with van der Waals surface area (Å²) in [6.07, 6.45) is 19.1. The molecule has 0 spiro atoms. The molecule has 1 saturated heterocycles. The van der Waals surface area contributed by atoms with Gasteiger partial charge in [-0.25, -0.2) is 4.98 Å². The van der Waals surface area contributed by atoms with Crippen LogP contribution in [-0.4, -0.2) is 48.1 Å². The number of nitrogens with two attached hydrogens (primary N) is 1. The minimum atomic E-state index is -0.697. The highest BCUT2D eigenvalue weighted by atomic mass is 32.2. The van der Waals surface area contributed by atoms with E-state index in [0.29, 0.717) is 46.4 Å². The van der Waals surface area contributed by atoms with Crippen molar-refractivity contribution in [1.82, 2.24) is 10.3 Å². The van der Waals surface area contributed by atoms with Crippen molar-refractivity contribution in [2.45, 2.75) is 159 Å². The second-order valence-electron chi connectivity index (χ2n) is 15.0. The summed E-state index contributed by atoms with van der Waals surface area (Å²) >= 11 is 1.19. The van der Waals surface area contributed by atoms with Crippen molar-refractivity contribution < 1.29 is 14.3 Å². The zero-order valence-electron chi connectivity index (χ0n) is 32.2. The maximum Gasteiger partial charge on any atom is 0.306 e. The van der Waals surface area contributed by atoms with Crippen LogP contribution in [0.3, 0.4) is 0 Å². The predicted molar refractivity (Wildman–Crippen MR) is 211 cm³/mol. The number of nitrogens with zero attached hydrogens (tertiary/aromatic N) is 4. The first-order chi connectivity index (χ1) is 25.1. The van der Waals surface area contributed by atoms with Gasteiger partial charge in [0.2, 0.25) is 5.91 Å². The van der Waals surface area contributed by atoms with Crippen molar-refractivity contribution in [3.8, 4) is 12.1 Å². The molecular weight excluding hydrogens is 669 g/mol. The molecule has 1 unspecified atom stereocenters. The first-order valence-electron chi connectivity index (χ1n) is 19.7. The number of carbonyl (C=O) groups is 2. The van der Waals surface area contributed by atoms with E-state index in [0.717, 1.165) is 50.9 Å². The van der Waals surface area contributed by atoms with Gasteiger partial charge in [0, 0.05) is 25.6 Å². The normalized spacial score (nSPS) is 14.1. The highest BCUT2D eigenvalue weighted by Gasteiger charge is 2.29. The molecule has 1 aromatic carbocycles. The largest absolute Gasteiger partial charge is 0.460 e. The summed E-state index contributed by atoms with van der Waals surface area (Å²) in [5, 5.41) is 23.8. The van der Waals surface area contributed by atoms with Crippen molar-refractivity contribution in [2.24, 2.45) is 5.73 Å². The van der Waals surface area contributed by atoms with E-state index in [1.54, 1.807) is 0 Å². The van der Waals surface area contributed by atoms with Crippen LogP contribution in [0.25, 0.3) is 0 Å². The van der Waals surface area contributed by atoms with Gasteiger partial charge in [0.25, 0.3) is 0 Å². The van der Waals surface area contributed by atoms with Crippen LogP contribution in [0.4, 0.5) is 5.82 Å². The highest BCUT2D eigenvalue weighted by Crippen LogP contribution is 2.40. The number of ether oxygens (including phenoxy) is 1. The van der Waals surface area contributed by atoms with Crippen LogP contribution in [-0.2, 0) is 20.7 Å². The summed E-state index contributed by atoms with van der Waals surface area (Å²) < 4.78 is 5.37. The lowest BCUT2D eigenvalue weighted by atomic mass is 9.99. The maximum absolute atomic E-state index is 12.5. The monoisotopic (exact) mass is 730 g/mol. The maximum atomic E-state index is 12.5. The number of hydrogen-bond acceptors (Lipinski definition) is 9. The lowest BCUT2D eigenvalue weighted by Gasteiger charge is -2.34. The van der Waals surface area contributed by atoms with Gasteiger partial charge in [-0.3, -0.25) is 9.59 Å². The molecule has 3 rings (SSSR count). The minimum absolute atomic E-state index is 0.0745. The summed E-state index contributed by atoms with van der Waals surface area (Å²) in [5.74, 6) is 0.0266. The molecule has 10 heteroatoms. The fraction of sp³-hybridized carbons (Fsp3) is 0.643. The third-order valence-corrected chi connectivity index (χ3v) is 10.9.